The van der Waals surface area contributed by atoms with Crippen LogP contribution in [-0.2, 0) is 6.42 Å². The van der Waals surface area contributed by atoms with E-state index < -0.39 is 0 Å². The average Bonchev–Trinajstić information content (AvgIpc) is 3.60. The molecule has 2 aromatic heterocycles. The number of hydrogen-bond donors (Lipinski definition) is 2. The summed E-state index contributed by atoms with van der Waals surface area (Å²) in [6, 6.07) is 41.1. The molecule has 0 saturated carbocycles. The summed E-state index contributed by atoms with van der Waals surface area (Å²) < 4.78 is 0. The second-order valence-corrected chi connectivity index (χ2v) is 11.6. The zero-order valence-electron chi connectivity index (χ0n) is 27.7. The average molecular weight is 641 g/mol. The highest BCUT2D eigenvalue weighted by atomic mass is 15.2. The smallest absolute Gasteiger partial charge is 0.141 e. The number of para-hydroxylation sites is 1. The Hall–Kier alpha value is -6.27. The third kappa shape index (κ3) is 8.00. The fourth-order valence-electron chi connectivity index (χ4n) is 5.78. The summed E-state index contributed by atoms with van der Waals surface area (Å²) in [5.74, 6) is 0.903. The maximum Gasteiger partial charge on any atom is 0.141 e. The van der Waals surface area contributed by atoms with E-state index in [1.54, 1.807) is 6.20 Å². The van der Waals surface area contributed by atoms with Gasteiger partial charge in [0.25, 0.3) is 0 Å². The number of benzene rings is 3. The fourth-order valence-corrected chi connectivity index (χ4v) is 5.78. The van der Waals surface area contributed by atoms with E-state index in [4.69, 9.17) is 21.4 Å². The molecule has 0 radical (unpaired) electrons. The molecule has 4 N–H and O–H groups in total. The number of allylic oxidation sites excluding steroid dienone is 6. The van der Waals surface area contributed by atoms with Crippen molar-refractivity contribution in [3.8, 4) is 0 Å². The van der Waals surface area contributed by atoms with Crippen LogP contribution in [0.25, 0.3) is 17.0 Å². The molecule has 3 aromatic carbocycles. The van der Waals surface area contributed by atoms with Gasteiger partial charge >= 0.3 is 0 Å². The standard InChI is InChI=1S/C43H40N6/c1-2-3-25-37(45)39-28-17-29-40(47-39)42(41-31-49(34-22-10-6-11-23-34)43(48-41)33-20-8-4-9-21-33)35-24-14-13-19-32(35)18-7-5-12-26-36(44)38-27-15-16-30-46-38/h2-6,8-17,19-30H,7,18,31,44-45H2,1H3/b3-2-,12-5-,36-26-,37-25-,42-41-. The number of nitrogens with two attached hydrogens (primary N) is 2. The first kappa shape index (κ1) is 32.7. The molecule has 6 heteroatoms. The zero-order chi connectivity index (χ0) is 33.8. The number of aromatic nitrogens is 2. The normalized spacial score (nSPS) is 14.9. The Balaban J connectivity index is 1.43. The van der Waals surface area contributed by atoms with Crippen LogP contribution in [0.2, 0.25) is 0 Å². The van der Waals surface area contributed by atoms with Crippen molar-refractivity contribution >= 4 is 28.5 Å². The van der Waals surface area contributed by atoms with Gasteiger partial charge in [-0.3, -0.25) is 4.98 Å². The van der Waals surface area contributed by atoms with Crippen molar-refractivity contribution < 1.29 is 0 Å². The zero-order valence-corrected chi connectivity index (χ0v) is 27.7. The molecule has 6 nitrogen and oxygen atoms in total. The molecular formula is C43H40N6. The monoisotopic (exact) mass is 640 g/mol. The topological polar surface area (TPSA) is 93.4 Å². The van der Waals surface area contributed by atoms with Gasteiger partial charge in [-0.05, 0) is 79.4 Å². The molecule has 0 atom stereocenters. The summed E-state index contributed by atoms with van der Waals surface area (Å²) in [6.45, 7) is 2.56. The molecule has 0 bridgehead atoms. The molecule has 0 amide bonds. The quantitative estimate of drug-likeness (QED) is 0.141. The minimum atomic E-state index is 0.588. The van der Waals surface area contributed by atoms with E-state index in [1.807, 2.05) is 79.8 Å². The van der Waals surface area contributed by atoms with Crippen LogP contribution in [0.3, 0.4) is 0 Å². The van der Waals surface area contributed by atoms with Crippen molar-refractivity contribution in [2.75, 3.05) is 11.4 Å². The molecule has 0 unspecified atom stereocenters. The van der Waals surface area contributed by atoms with Gasteiger partial charge in [0.1, 0.15) is 5.84 Å². The number of anilines is 1. The molecule has 5 aromatic rings. The predicted molar refractivity (Wildman–Crippen MR) is 204 cm³/mol. The molecule has 0 saturated heterocycles. The predicted octanol–water partition coefficient (Wildman–Crippen LogP) is 8.57. The van der Waals surface area contributed by atoms with Crippen LogP contribution in [0.5, 0.6) is 0 Å². The molecule has 0 fully saturated rings. The summed E-state index contributed by atoms with van der Waals surface area (Å²) in [6.07, 6.45) is 15.2. The van der Waals surface area contributed by atoms with Crippen LogP contribution in [0.15, 0.2) is 175 Å². The Morgan fingerprint density at radius 3 is 2.16 bits per heavy atom. The van der Waals surface area contributed by atoms with Crippen molar-refractivity contribution in [1.82, 2.24) is 9.97 Å². The highest BCUT2D eigenvalue weighted by Crippen LogP contribution is 2.35. The molecule has 0 aliphatic carbocycles. The first-order chi connectivity index (χ1) is 24.1. The highest BCUT2D eigenvalue weighted by molar-refractivity contribution is 6.13. The van der Waals surface area contributed by atoms with Gasteiger partial charge in [0.15, 0.2) is 0 Å². The Morgan fingerprint density at radius 2 is 1.39 bits per heavy atom. The van der Waals surface area contributed by atoms with Gasteiger partial charge in [-0.1, -0.05) is 109 Å². The Morgan fingerprint density at radius 1 is 0.714 bits per heavy atom. The van der Waals surface area contributed by atoms with Crippen molar-refractivity contribution in [1.29, 1.82) is 0 Å². The van der Waals surface area contributed by atoms with Gasteiger partial charge in [-0.15, -0.1) is 0 Å². The number of nitrogens with zero attached hydrogens (tertiary/aromatic N) is 4. The second kappa shape index (κ2) is 16.0. The van der Waals surface area contributed by atoms with Crippen LogP contribution in [0.4, 0.5) is 5.69 Å². The van der Waals surface area contributed by atoms with Crippen molar-refractivity contribution in [2.24, 2.45) is 16.5 Å². The van der Waals surface area contributed by atoms with E-state index in [-0.39, 0.29) is 0 Å². The van der Waals surface area contributed by atoms with Crippen LogP contribution in [0.1, 0.15) is 47.1 Å². The maximum absolute atomic E-state index is 6.49. The Bertz CT molecular complexity index is 2060. The van der Waals surface area contributed by atoms with Gasteiger partial charge in [-0.2, -0.15) is 0 Å². The highest BCUT2D eigenvalue weighted by Gasteiger charge is 2.28. The van der Waals surface area contributed by atoms with E-state index >= 15 is 0 Å². The number of aliphatic imine (C=N–C) groups is 1. The van der Waals surface area contributed by atoms with Crippen LogP contribution in [-0.4, -0.2) is 22.3 Å². The third-order valence-corrected chi connectivity index (χ3v) is 8.20. The van der Waals surface area contributed by atoms with Crippen LogP contribution >= 0.6 is 0 Å². The molecule has 1 aliphatic rings. The first-order valence-corrected chi connectivity index (χ1v) is 16.5. The number of amidine groups is 1. The van der Waals surface area contributed by atoms with Crippen LogP contribution in [0, 0.1) is 0 Å². The summed E-state index contributed by atoms with van der Waals surface area (Å²) in [5.41, 5.74) is 22.7. The lowest BCUT2D eigenvalue weighted by Crippen LogP contribution is -2.27. The Kier molecular flexibility index (Phi) is 10.7. The van der Waals surface area contributed by atoms with Gasteiger partial charge in [0, 0.05) is 23.0 Å². The molecule has 49 heavy (non-hydrogen) atoms. The van der Waals surface area contributed by atoms with E-state index in [2.05, 4.69) is 94.8 Å². The number of rotatable bonds is 11. The maximum atomic E-state index is 6.49. The molecule has 6 rings (SSSR count). The fraction of sp³-hybridized carbons (Fsp3) is 0.0930. The van der Waals surface area contributed by atoms with Gasteiger partial charge in [-0.25, -0.2) is 9.98 Å². The van der Waals surface area contributed by atoms with Crippen LogP contribution < -0.4 is 16.4 Å². The van der Waals surface area contributed by atoms with Crippen molar-refractivity contribution in [2.45, 2.75) is 19.8 Å². The Labute approximate surface area is 288 Å². The third-order valence-electron chi connectivity index (χ3n) is 8.20. The number of pyridine rings is 2. The second-order valence-electron chi connectivity index (χ2n) is 11.6. The van der Waals surface area contributed by atoms with Gasteiger partial charge in [0.05, 0.1) is 40.7 Å². The summed E-state index contributed by atoms with van der Waals surface area (Å²) >= 11 is 0. The lowest BCUT2D eigenvalue weighted by molar-refractivity contribution is 0.993. The summed E-state index contributed by atoms with van der Waals surface area (Å²) in [7, 11) is 0. The number of aryl methyl sites for hydroxylation is 1. The van der Waals surface area contributed by atoms with E-state index in [0.717, 1.165) is 63.8 Å². The lowest BCUT2D eigenvalue weighted by Gasteiger charge is -2.21. The molecule has 0 spiro atoms. The largest absolute Gasteiger partial charge is 0.397 e. The molecule has 242 valence electrons. The SMILES string of the molecule is C/C=C\C=C(/N)c1cccc(/C(=C2/CN(c3ccccc3)C(c3ccccc3)=N2)c2ccccc2CC/C=C\C=C(/N)c2ccccn2)n1. The van der Waals surface area contributed by atoms with E-state index in [0.29, 0.717) is 17.9 Å². The van der Waals surface area contributed by atoms with Gasteiger partial charge < -0.3 is 16.4 Å². The van der Waals surface area contributed by atoms with Gasteiger partial charge in [0.2, 0.25) is 0 Å². The summed E-state index contributed by atoms with van der Waals surface area (Å²) in [5, 5.41) is 0. The van der Waals surface area contributed by atoms with E-state index in [1.165, 1.54) is 5.56 Å². The molecular weight excluding hydrogens is 601 g/mol. The summed E-state index contributed by atoms with van der Waals surface area (Å²) in [4.78, 5) is 17.1. The lowest BCUT2D eigenvalue weighted by atomic mass is 9.92. The van der Waals surface area contributed by atoms with Crippen molar-refractivity contribution in [3.63, 3.8) is 0 Å². The number of hydrogen-bond acceptors (Lipinski definition) is 6. The molecule has 1 aliphatic heterocycles. The van der Waals surface area contributed by atoms with E-state index in [9.17, 15) is 0 Å². The first-order valence-electron chi connectivity index (χ1n) is 16.5. The molecule has 3 heterocycles. The minimum Gasteiger partial charge on any atom is -0.397 e. The minimum absolute atomic E-state index is 0.588. The van der Waals surface area contributed by atoms with Crippen molar-refractivity contribution in [3.05, 3.63) is 203 Å².